The van der Waals surface area contributed by atoms with E-state index in [0.717, 1.165) is 12.8 Å². The number of amides is 2. The zero-order valence-corrected chi connectivity index (χ0v) is 13.2. The highest BCUT2D eigenvalue weighted by Crippen LogP contribution is 2.31. The Balaban J connectivity index is 1.58. The van der Waals surface area contributed by atoms with E-state index in [4.69, 9.17) is 4.74 Å². The summed E-state index contributed by atoms with van der Waals surface area (Å²) < 4.78 is 5.51. The van der Waals surface area contributed by atoms with E-state index in [1.807, 2.05) is 0 Å². The summed E-state index contributed by atoms with van der Waals surface area (Å²) in [6, 6.07) is 1.74. The molecule has 2 aliphatic heterocycles. The normalized spacial score (nSPS) is 24.7. The van der Waals surface area contributed by atoms with E-state index in [1.165, 1.54) is 11.8 Å². The minimum Gasteiger partial charge on any atom is -0.439 e. The van der Waals surface area contributed by atoms with Crippen molar-refractivity contribution < 1.29 is 14.3 Å². The van der Waals surface area contributed by atoms with Crippen LogP contribution in [0.4, 0.5) is 4.79 Å². The van der Waals surface area contributed by atoms with Gasteiger partial charge in [-0.25, -0.2) is 14.8 Å². The molecule has 3 rings (SSSR count). The maximum atomic E-state index is 12.4. The van der Waals surface area contributed by atoms with Crippen molar-refractivity contribution >= 4 is 23.8 Å². The number of nitrogens with zero attached hydrogens (tertiary/aromatic N) is 4. The number of rotatable bonds is 3. The molecule has 8 heteroatoms. The van der Waals surface area contributed by atoms with Crippen LogP contribution in [-0.2, 0) is 9.53 Å². The number of hydrogen-bond donors (Lipinski definition) is 0. The van der Waals surface area contributed by atoms with Crippen LogP contribution in [0, 0.1) is 0 Å². The predicted molar refractivity (Wildman–Crippen MR) is 80.4 cm³/mol. The summed E-state index contributed by atoms with van der Waals surface area (Å²) in [5.41, 5.74) is -0.534. The van der Waals surface area contributed by atoms with E-state index in [2.05, 4.69) is 9.97 Å². The summed E-state index contributed by atoms with van der Waals surface area (Å²) in [5, 5.41) is 0.592. The molecule has 0 radical (unpaired) electrons. The Labute approximate surface area is 133 Å². The molecule has 0 bridgehead atoms. The third-order valence-electron chi connectivity index (χ3n) is 3.90. The average molecular weight is 322 g/mol. The molecule has 22 heavy (non-hydrogen) atoms. The monoisotopic (exact) mass is 322 g/mol. The number of carbonyl (C=O) groups is 2. The van der Waals surface area contributed by atoms with Crippen LogP contribution in [0.3, 0.4) is 0 Å². The van der Waals surface area contributed by atoms with Gasteiger partial charge in [-0.1, -0.05) is 11.8 Å². The summed E-state index contributed by atoms with van der Waals surface area (Å²) in [7, 11) is 1.72. The van der Waals surface area contributed by atoms with Crippen molar-refractivity contribution in [2.24, 2.45) is 0 Å². The van der Waals surface area contributed by atoms with Crippen molar-refractivity contribution in [3.8, 4) is 0 Å². The van der Waals surface area contributed by atoms with Gasteiger partial charge in [-0.3, -0.25) is 4.79 Å². The third-order valence-corrected chi connectivity index (χ3v) is 4.76. The number of likely N-dealkylation sites (N-methyl/N-ethyl adjacent to an activating group) is 1. The average Bonchev–Trinajstić information content (AvgIpc) is 2.79. The molecule has 0 N–H and O–H groups in total. The fourth-order valence-corrected chi connectivity index (χ4v) is 3.60. The van der Waals surface area contributed by atoms with Crippen LogP contribution < -0.4 is 0 Å². The van der Waals surface area contributed by atoms with Crippen molar-refractivity contribution in [3.05, 3.63) is 18.5 Å². The Kier molecular flexibility index (Phi) is 4.19. The quantitative estimate of drug-likeness (QED) is 0.611. The molecule has 0 aliphatic carbocycles. The van der Waals surface area contributed by atoms with Gasteiger partial charge in [0.15, 0.2) is 5.16 Å². The van der Waals surface area contributed by atoms with Crippen LogP contribution in [0.5, 0.6) is 0 Å². The number of carbonyl (C=O) groups excluding carboxylic acids is 2. The maximum absolute atomic E-state index is 12.4. The second kappa shape index (κ2) is 6.12. The fourth-order valence-electron chi connectivity index (χ4n) is 2.89. The van der Waals surface area contributed by atoms with Crippen LogP contribution in [0.2, 0.25) is 0 Å². The first-order valence-electron chi connectivity index (χ1n) is 7.20. The van der Waals surface area contributed by atoms with Crippen LogP contribution in [0.1, 0.15) is 12.8 Å². The second-order valence-electron chi connectivity index (χ2n) is 5.65. The predicted octanol–water partition coefficient (Wildman–Crippen LogP) is 1.01. The van der Waals surface area contributed by atoms with Gasteiger partial charge in [-0.05, 0) is 18.9 Å². The molecule has 2 amide bonds. The number of ether oxygens (including phenoxy) is 1. The lowest BCUT2D eigenvalue weighted by Crippen LogP contribution is -2.52. The number of aromatic nitrogens is 2. The zero-order valence-electron chi connectivity index (χ0n) is 12.4. The van der Waals surface area contributed by atoms with Gasteiger partial charge in [-0.2, -0.15) is 0 Å². The Morgan fingerprint density at radius 3 is 2.86 bits per heavy atom. The van der Waals surface area contributed by atoms with Gasteiger partial charge in [-0.15, -0.1) is 0 Å². The first kappa shape index (κ1) is 15.1. The first-order valence-corrected chi connectivity index (χ1v) is 8.18. The Hall–Kier alpha value is -1.83. The summed E-state index contributed by atoms with van der Waals surface area (Å²) in [5.74, 6) is 0.325. The molecule has 2 aliphatic rings. The van der Waals surface area contributed by atoms with E-state index < -0.39 is 5.60 Å². The summed E-state index contributed by atoms with van der Waals surface area (Å²) in [6.07, 6.45) is 4.66. The minimum atomic E-state index is -0.534. The highest BCUT2D eigenvalue weighted by molar-refractivity contribution is 7.99. The van der Waals surface area contributed by atoms with Gasteiger partial charge in [0.25, 0.3) is 0 Å². The molecule has 2 saturated heterocycles. The second-order valence-corrected chi connectivity index (χ2v) is 6.59. The zero-order chi connectivity index (χ0) is 15.6. The molecule has 3 heterocycles. The first-order chi connectivity index (χ1) is 10.6. The molecule has 1 spiro atoms. The standard InChI is InChI=1S/C14H18N4O3S/c1-17-9-14(21-13(17)20)4-2-7-18(10-14)11(19)8-22-12-15-5-3-6-16-12/h3,5-6H,2,4,7-10H2,1H3/t14-/m1/s1. The number of likely N-dealkylation sites (tertiary alicyclic amines) is 1. The lowest BCUT2D eigenvalue weighted by atomic mass is 9.93. The minimum absolute atomic E-state index is 0.0298. The van der Waals surface area contributed by atoms with Crippen molar-refractivity contribution in [1.82, 2.24) is 19.8 Å². The summed E-state index contributed by atoms with van der Waals surface area (Å²) in [6.45, 7) is 1.72. The largest absolute Gasteiger partial charge is 0.439 e. The highest BCUT2D eigenvalue weighted by Gasteiger charge is 2.47. The Bertz CT molecular complexity index is 570. The van der Waals surface area contributed by atoms with E-state index in [-0.39, 0.29) is 12.0 Å². The summed E-state index contributed by atoms with van der Waals surface area (Å²) >= 11 is 1.32. The molecule has 1 aromatic rings. The maximum Gasteiger partial charge on any atom is 0.410 e. The van der Waals surface area contributed by atoms with Crippen molar-refractivity contribution in [2.45, 2.75) is 23.6 Å². The van der Waals surface area contributed by atoms with E-state index in [1.54, 1.807) is 35.3 Å². The van der Waals surface area contributed by atoms with Crippen molar-refractivity contribution in [3.63, 3.8) is 0 Å². The van der Waals surface area contributed by atoms with Gasteiger partial charge in [0.05, 0.1) is 18.8 Å². The molecule has 0 aromatic carbocycles. The fraction of sp³-hybridized carbons (Fsp3) is 0.571. The molecular formula is C14H18N4O3S. The summed E-state index contributed by atoms with van der Waals surface area (Å²) in [4.78, 5) is 35.5. The lowest BCUT2D eigenvalue weighted by Gasteiger charge is -2.38. The van der Waals surface area contributed by atoms with Crippen LogP contribution in [0.15, 0.2) is 23.6 Å². The molecule has 0 saturated carbocycles. The topological polar surface area (TPSA) is 75.6 Å². The van der Waals surface area contributed by atoms with Crippen LogP contribution in [0.25, 0.3) is 0 Å². The van der Waals surface area contributed by atoms with E-state index in [0.29, 0.717) is 30.5 Å². The van der Waals surface area contributed by atoms with Gasteiger partial charge in [0.1, 0.15) is 5.60 Å². The highest BCUT2D eigenvalue weighted by atomic mass is 32.2. The molecular weight excluding hydrogens is 304 g/mol. The molecule has 7 nitrogen and oxygen atoms in total. The Morgan fingerprint density at radius 1 is 1.41 bits per heavy atom. The Morgan fingerprint density at radius 2 is 2.18 bits per heavy atom. The van der Waals surface area contributed by atoms with Gasteiger partial charge < -0.3 is 14.5 Å². The van der Waals surface area contributed by atoms with Crippen LogP contribution >= 0.6 is 11.8 Å². The van der Waals surface area contributed by atoms with Gasteiger partial charge >= 0.3 is 6.09 Å². The van der Waals surface area contributed by atoms with E-state index >= 15 is 0 Å². The SMILES string of the molecule is CN1C[C@@]2(CCCN(C(=O)CSc3ncccn3)C2)OC1=O. The van der Waals surface area contributed by atoms with E-state index in [9.17, 15) is 9.59 Å². The molecule has 0 unspecified atom stereocenters. The lowest BCUT2D eigenvalue weighted by molar-refractivity contribution is -0.133. The van der Waals surface area contributed by atoms with Crippen molar-refractivity contribution in [2.75, 3.05) is 32.4 Å². The number of piperidine rings is 1. The van der Waals surface area contributed by atoms with Gasteiger partial charge in [0, 0.05) is 26.0 Å². The number of hydrogen-bond acceptors (Lipinski definition) is 6. The van der Waals surface area contributed by atoms with Crippen molar-refractivity contribution in [1.29, 1.82) is 0 Å². The van der Waals surface area contributed by atoms with Crippen LogP contribution in [-0.4, -0.2) is 69.8 Å². The smallest absolute Gasteiger partial charge is 0.410 e. The molecule has 1 atom stereocenters. The molecule has 1 aromatic heterocycles. The molecule has 2 fully saturated rings. The number of thioether (sulfide) groups is 1. The molecule has 118 valence electrons. The third kappa shape index (κ3) is 3.16. The van der Waals surface area contributed by atoms with Gasteiger partial charge in [0.2, 0.25) is 5.91 Å².